The van der Waals surface area contributed by atoms with Crippen molar-refractivity contribution < 1.29 is 9.53 Å². The predicted molar refractivity (Wildman–Crippen MR) is 121 cm³/mol. The highest BCUT2D eigenvalue weighted by Crippen LogP contribution is 2.25. The summed E-state index contributed by atoms with van der Waals surface area (Å²) in [5.41, 5.74) is 2.04. The molecule has 156 valence electrons. The number of amides is 1. The number of ether oxygens (including phenoxy) is 1. The third kappa shape index (κ3) is 6.11. The summed E-state index contributed by atoms with van der Waals surface area (Å²) in [6.45, 7) is 7.19. The minimum absolute atomic E-state index is 0.0889. The number of nitrogens with zero attached hydrogens (tertiary/aromatic N) is 3. The van der Waals surface area contributed by atoms with Gasteiger partial charge in [-0.15, -0.1) is 16.8 Å². The van der Waals surface area contributed by atoms with Crippen LogP contribution in [0.3, 0.4) is 0 Å². The molecule has 0 aliphatic heterocycles. The molecule has 1 N–H and O–H groups in total. The van der Waals surface area contributed by atoms with Crippen LogP contribution in [-0.2, 0) is 11.3 Å². The van der Waals surface area contributed by atoms with E-state index in [1.54, 1.807) is 6.08 Å². The van der Waals surface area contributed by atoms with Crippen molar-refractivity contribution in [2.24, 2.45) is 0 Å². The highest BCUT2D eigenvalue weighted by molar-refractivity contribution is 7.99. The summed E-state index contributed by atoms with van der Waals surface area (Å²) in [6.07, 6.45) is 1.77. The molecular formula is C22H23ClN4O2S. The Morgan fingerprint density at radius 3 is 2.80 bits per heavy atom. The lowest BCUT2D eigenvalue weighted by Crippen LogP contribution is -2.29. The number of nitrogens with one attached hydrogen (secondary N) is 1. The molecule has 0 aliphatic rings. The van der Waals surface area contributed by atoms with Crippen molar-refractivity contribution in [3.05, 3.63) is 71.8 Å². The van der Waals surface area contributed by atoms with Crippen LogP contribution in [0.5, 0.6) is 5.75 Å². The number of aryl methyl sites for hydroxylation is 1. The van der Waals surface area contributed by atoms with Crippen LogP contribution in [0.1, 0.15) is 5.56 Å². The zero-order chi connectivity index (χ0) is 21.3. The maximum Gasteiger partial charge on any atom is 0.230 e. The fraction of sp³-hybridized carbons (Fsp3) is 0.227. The Morgan fingerprint density at radius 1 is 1.27 bits per heavy atom. The standard InChI is InChI=1S/C22H23ClN4O2S/c1-3-12-27-21(17-7-9-18(23)10-8-17)25-26-22(27)30-15-20(28)24-11-13-29-19-6-4-5-16(2)14-19/h3-10,14H,1,11-13,15H2,2H3,(H,24,28). The topological polar surface area (TPSA) is 69.0 Å². The zero-order valence-corrected chi connectivity index (χ0v) is 18.2. The van der Waals surface area contributed by atoms with Crippen LogP contribution in [0.25, 0.3) is 11.4 Å². The Morgan fingerprint density at radius 2 is 2.07 bits per heavy atom. The molecule has 0 spiro atoms. The van der Waals surface area contributed by atoms with Crippen LogP contribution in [0.2, 0.25) is 5.02 Å². The summed E-state index contributed by atoms with van der Waals surface area (Å²) in [7, 11) is 0. The van der Waals surface area contributed by atoms with Gasteiger partial charge in [0, 0.05) is 17.1 Å². The maximum atomic E-state index is 12.2. The molecule has 0 atom stereocenters. The summed E-state index contributed by atoms with van der Waals surface area (Å²) in [4.78, 5) is 12.2. The van der Waals surface area contributed by atoms with Gasteiger partial charge in [-0.25, -0.2) is 0 Å². The molecule has 0 radical (unpaired) electrons. The summed E-state index contributed by atoms with van der Waals surface area (Å²) in [6, 6.07) is 15.2. The highest BCUT2D eigenvalue weighted by Gasteiger charge is 2.15. The molecule has 0 bridgehead atoms. The van der Waals surface area contributed by atoms with Gasteiger partial charge in [0.2, 0.25) is 5.91 Å². The van der Waals surface area contributed by atoms with Gasteiger partial charge in [-0.05, 0) is 48.9 Å². The first-order valence-electron chi connectivity index (χ1n) is 9.46. The van der Waals surface area contributed by atoms with Gasteiger partial charge < -0.3 is 10.1 Å². The normalized spacial score (nSPS) is 10.6. The average molecular weight is 443 g/mol. The highest BCUT2D eigenvalue weighted by atomic mass is 35.5. The number of aromatic nitrogens is 3. The molecule has 8 heteroatoms. The summed E-state index contributed by atoms with van der Waals surface area (Å²) in [5, 5.41) is 12.7. The van der Waals surface area contributed by atoms with Gasteiger partial charge in [-0.2, -0.15) is 0 Å². The molecule has 0 fully saturated rings. The smallest absolute Gasteiger partial charge is 0.230 e. The molecular weight excluding hydrogens is 420 g/mol. The molecule has 30 heavy (non-hydrogen) atoms. The van der Waals surface area contributed by atoms with Crippen LogP contribution in [0.4, 0.5) is 0 Å². The lowest BCUT2D eigenvalue weighted by molar-refractivity contribution is -0.118. The van der Waals surface area contributed by atoms with Crippen LogP contribution in [0, 0.1) is 6.92 Å². The SMILES string of the molecule is C=CCn1c(SCC(=O)NCCOc2cccc(C)c2)nnc1-c1ccc(Cl)cc1. The lowest BCUT2D eigenvalue weighted by Gasteiger charge is -2.09. The molecule has 1 amide bonds. The van der Waals surface area contributed by atoms with Gasteiger partial charge in [0.25, 0.3) is 0 Å². The summed E-state index contributed by atoms with van der Waals surface area (Å²) < 4.78 is 7.57. The second-order valence-electron chi connectivity index (χ2n) is 6.52. The van der Waals surface area contributed by atoms with Gasteiger partial charge in [0.15, 0.2) is 11.0 Å². The van der Waals surface area contributed by atoms with Crippen molar-refractivity contribution in [3.63, 3.8) is 0 Å². The number of rotatable bonds is 10. The Labute approximate surface area is 185 Å². The molecule has 0 saturated heterocycles. The van der Waals surface area contributed by atoms with Crippen molar-refractivity contribution in [1.82, 2.24) is 20.1 Å². The van der Waals surface area contributed by atoms with Gasteiger partial charge in [0.1, 0.15) is 12.4 Å². The number of halogens is 1. The molecule has 6 nitrogen and oxygen atoms in total. The van der Waals surface area contributed by atoms with E-state index in [0.29, 0.717) is 35.7 Å². The van der Waals surface area contributed by atoms with Crippen LogP contribution >= 0.6 is 23.4 Å². The minimum Gasteiger partial charge on any atom is -0.492 e. The zero-order valence-electron chi connectivity index (χ0n) is 16.7. The van der Waals surface area contributed by atoms with Crippen molar-refractivity contribution >= 4 is 29.3 Å². The largest absolute Gasteiger partial charge is 0.492 e. The quantitative estimate of drug-likeness (QED) is 0.286. The number of allylic oxidation sites excluding steroid dienone is 1. The first-order valence-corrected chi connectivity index (χ1v) is 10.8. The Balaban J connectivity index is 1.51. The third-order valence-corrected chi connectivity index (χ3v) is 5.36. The van der Waals surface area contributed by atoms with E-state index in [1.807, 2.05) is 60.0 Å². The van der Waals surface area contributed by atoms with Crippen molar-refractivity contribution in [2.75, 3.05) is 18.9 Å². The second-order valence-corrected chi connectivity index (χ2v) is 7.89. The van der Waals surface area contributed by atoms with Crippen molar-refractivity contribution in [3.8, 4) is 17.1 Å². The van der Waals surface area contributed by atoms with Gasteiger partial charge in [-0.1, -0.05) is 41.6 Å². The number of hydrogen-bond donors (Lipinski definition) is 1. The van der Waals surface area contributed by atoms with E-state index in [0.717, 1.165) is 16.9 Å². The Kier molecular flexibility index (Phi) is 7.93. The van der Waals surface area contributed by atoms with E-state index < -0.39 is 0 Å². The van der Waals surface area contributed by atoms with Gasteiger partial charge >= 0.3 is 0 Å². The Hall–Kier alpha value is -2.77. The van der Waals surface area contributed by atoms with E-state index in [2.05, 4.69) is 22.1 Å². The van der Waals surface area contributed by atoms with Crippen LogP contribution < -0.4 is 10.1 Å². The molecule has 2 aromatic carbocycles. The molecule has 3 aromatic rings. The number of benzene rings is 2. The number of carbonyl (C=O) groups excluding carboxylic acids is 1. The van der Waals surface area contributed by atoms with Crippen molar-refractivity contribution in [2.45, 2.75) is 18.6 Å². The van der Waals surface area contributed by atoms with E-state index in [4.69, 9.17) is 16.3 Å². The third-order valence-electron chi connectivity index (χ3n) is 4.15. The van der Waals surface area contributed by atoms with Crippen LogP contribution in [-0.4, -0.2) is 39.6 Å². The van der Waals surface area contributed by atoms with Crippen LogP contribution in [0.15, 0.2) is 66.3 Å². The van der Waals surface area contributed by atoms with E-state index >= 15 is 0 Å². The first-order chi connectivity index (χ1) is 14.6. The monoisotopic (exact) mass is 442 g/mol. The molecule has 0 aliphatic carbocycles. The lowest BCUT2D eigenvalue weighted by atomic mass is 10.2. The fourth-order valence-electron chi connectivity index (χ4n) is 2.75. The first kappa shape index (κ1) is 21.9. The molecule has 1 aromatic heterocycles. The summed E-state index contributed by atoms with van der Waals surface area (Å²) >= 11 is 7.30. The van der Waals surface area contributed by atoms with Crippen molar-refractivity contribution in [1.29, 1.82) is 0 Å². The van der Waals surface area contributed by atoms with E-state index in [-0.39, 0.29) is 11.7 Å². The molecule has 0 saturated carbocycles. The molecule has 0 unspecified atom stereocenters. The van der Waals surface area contributed by atoms with E-state index in [1.165, 1.54) is 11.8 Å². The number of carbonyl (C=O) groups is 1. The Bertz CT molecular complexity index is 1000. The molecule has 1 heterocycles. The average Bonchev–Trinajstić information content (AvgIpc) is 3.13. The minimum atomic E-state index is -0.0889. The predicted octanol–water partition coefficient (Wildman–Crippen LogP) is 4.38. The van der Waals surface area contributed by atoms with Gasteiger partial charge in [-0.3, -0.25) is 9.36 Å². The number of hydrogen-bond acceptors (Lipinski definition) is 5. The maximum absolute atomic E-state index is 12.2. The van der Waals surface area contributed by atoms with E-state index in [9.17, 15) is 4.79 Å². The molecule has 3 rings (SSSR count). The van der Waals surface area contributed by atoms with Gasteiger partial charge in [0.05, 0.1) is 12.3 Å². The number of thioether (sulfide) groups is 1. The summed E-state index contributed by atoms with van der Waals surface area (Å²) in [5.74, 6) is 1.65. The fourth-order valence-corrected chi connectivity index (χ4v) is 3.65. The second kappa shape index (κ2) is 10.8.